The van der Waals surface area contributed by atoms with E-state index >= 15 is 0 Å². The molecule has 1 heterocycles. The molecule has 1 aromatic heterocycles. The summed E-state index contributed by atoms with van der Waals surface area (Å²) >= 11 is 1.03. The maximum Gasteiger partial charge on any atom is 0.434 e. The molecule has 0 aliphatic heterocycles. The normalized spacial score (nSPS) is 11.7. The molecule has 30 heavy (non-hydrogen) atoms. The number of rotatable bonds is 10. The van der Waals surface area contributed by atoms with Gasteiger partial charge in [-0.05, 0) is 31.9 Å². The molecular formula is C20H29F3IN5S. The third-order valence-corrected chi connectivity index (χ3v) is 5.09. The molecule has 1 aromatic carbocycles. The third kappa shape index (κ3) is 9.50. The second-order valence-corrected chi connectivity index (χ2v) is 7.47. The van der Waals surface area contributed by atoms with E-state index in [1.54, 1.807) is 0 Å². The second-order valence-electron chi connectivity index (χ2n) is 6.53. The van der Waals surface area contributed by atoms with Gasteiger partial charge in [0.25, 0.3) is 0 Å². The largest absolute Gasteiger partial charge is 0.434 e. The van der Waals surface area contributed by atoms with Gasteiger partial charge in [-0.1, -0.05) is 18.2 Å². The SMILES string of the molecule is CCNC(=NCCCCN(C)c1ccccc1)NCCc1nc(C(F)(F)F)cs1.I. The van der Waals surface area contributed by atoms with Crippen molar-refractivity contribution in [1.29, 1.82) is 0 Å². The number of unbranched alkanes of at least 4 members (excludes halogenated alkanes) is 1. The van der Waals surface area contributed by atoms with Crippen molar-refractivity contribution in [2.24, 2.45) is 4.99 Å². The van der Waals surface area contributed by atoms with E-state index in [1.807, 2.05) is 25.1 Å². The summed E-state index contributed by atoms with van der Waals surface area (Å²) in [4.78, 5) is 10.4. The van der Waals surface area contributed by atoms with E-state index in [2.05, 4.69) is 44.7 Å². The first kappa shape index (κ1) is 26.5. The van der Waals surface area contributed by atoms with E-state index < -0.39 is 11.9 Å². The summed E-state index contributed by atoms with van der Waals surface area (Å²) < 4.78 is 37.8. The van der Waals surface area contributed by atoms with Crippen LogP contribution in [0.15, 0.2) is 40.7 Å². The predicted molar refractivity (Wildman–Crippen MR) is 129 cm³/mol. The Morgan fingerprint density at radius 3 is 2.53 bits per heavy atom. The van der Waals surface area contributed by atoms with Crippen molar-refractivity contribution < 1.29 is 13.2 Å². The van der Waals surface area contributed by atoms with Crippen molar-refractivity contribution in [2.75, 3.05) is 38.1 Å². The van der Waals surface area contributed by atoms with Crippen LogP contribution in [0.3, 0.4) is 0 Å². The van der Waals surface area contributed by atoms with Crippen molar-refractivity contribution >= 4 is 47.0 Å². The number of hydrogen-bond acceptors (Lipinski definition) is 4. The van der Waals surface area contributed by atoms with Crippen LogP contribution in [0.5, 0.6) is 0 Å². The molecule has 0 spiro atoms. The summed E-state index contributed by atoms with van der Waals surface area (Å²) in [6.45, 7) is 4.82. The highest BCUT2D eigenvalue weighted by atomic mass is 127. The number of hydrogen-bond donors (Lipinski definition) is 2. The maximum atomic E-state index is 12.6. The first-order valence-electron chi connectivity index (χ1n) is 9.70. The van der Waals surface area contributed by atoms with Crippen LogP contribution in [-0.2, 0) is 12.6 Å². The molecule has 0 amide bonds. The van der Waals surface area contributed by atoms with Crippen molar-refractivity contribution in [3.05, 3.63) is 46.4 Å². The molecule has 0 fully saturated rings. The van der Waals surface area contributed by atoms with E-state index in [-0.39, 0.29) is 24.0 Å². The fourth-order valence-corrected chi connectivity index (χ4v) is 3.45. The quantitative estimate of drug-likeness (QED) is 0.192. The van der Waals surface area contributed by atoms with Gasteiger partial charge in [-0.15, -0.1) is 35.3 Å². The number of thiazole rings is 1. The van der Waals surface area contributed by atoms with Gasteiger partial charge in [-0.2, -0.15) is 13.2 Å². The number of anilines is 1. The van der Waals surface area contributed by atoms with Crippen LogP contribution in [0.2, 0.25) is 0 Å². The molecule has 0 bridgehead atoms. The molecule has 0 saturated carbocycles. The van der Waals surface area contributed by atoms with Crippen LogP contribution >= 0.6 is 35.3 Å². The van der Waals surface area contributed by atoms with Crippen molar-refractivity contribution in [3.63, 3.8) is 0 Å². The van der Waals surface area contributed by atoms with Gasteiger partial charge in [-0.25, -0.2) is 4.98 Å². The standard InChI is InChI=1S/C20H28F3N5S.HI/c1-3-24-19(26-13-11-18-27-17(15-29-18)20(21,22)23)25-12-7-8-14-28(2)16-9-5-4-6-10-16;/h4-6,9-10,15H,3,7-8,11-14H2,1-2H3,(H2,24,25,26);1H. The molecule has 0 aliphatic rings. The fraction of sp³-hybridized carbons (Fsp3) is 0.500. The number of nitrogens with one attached hydrogen (secondary N) is 2. The topological polar surface area (TPSA) is 52.6 Å². The van der Waals surface area contributed by atoms with Crippen molar-refractivity contribution in [2.45, 2.75) is 32.4 Å². The van der Waals surface area contributed by atoms with Crippen LogP contribution < -0.4 is 15.5 Å². The minimum Gasteiger partial charge on any atom is -0.375 e. The molecule has 2 aromatic rings. The summed E-state index contributed by atoms with van der Waals surface area (Å²) in [6, 6.07) is 10.2. The molecule has 0 saturated heterocycles. The zero-order valence-electron chi connectivity index (χ0n) is 17.2. The lowest BCUT2D eigenvalue weighted by molar-refractivity contribution is -0.140. The van der Waals surface area contributed by atoms with Crippen LogP contribution in [0.1, 0.15) is 30.5 Å². The Kier molecular flexibility index (Phi) is 12.1. The predicted octanol–water partition coefficient (Wildman–Crippen LogP) is 4.79. The number of nitrogens with zero attached hydrogens (tertiary/aromatic N) is 3. The number of aliphatic imine (C=N–C) groups is 1. The summed E-state index contributed by atoms with van der Waals surface area (Å²) in [5.74, 6) is 0.677. The average Bonchev–Trinajstić information content (AvgIpc) is 3.17. The highest BCUT2D eigenvalue weighted by molar-refractivity contribution is 14.0. The van der Waals surface area contributed by atoms with Crippen molar-refractivity contribution in [1.82, 2.24) is 15.6 Å². The van der Waals surface area contributed by atoms with E-state index in [0.717, 1.165) is 42.6 Å². The highest BCUT2D eigenvalue weighted by Gasteiger charge is 2.33. The van der Waals surface area contributed by atoms with E-state index in [9.17, 15) is 13.2 Å². The fourth-order valence-electron chi connectivity index (χ4n) is 2.65. The minimum atomic E-state index is -4.38. The molecule has 10 heteroatoms. The van der Waals surface area contributed by atoms with Crippen LogP contribution in [0.4, 0.5) is 18.9 Å². The lowest BCUT2D eigenvalue weighted by Gasteiger charge is -2.18. The van der Waals surface area contributed by atoms with Crippen molar-refractivity contribution in [3.8, 4) is 0 Å². The second kappa shape index (κ2) is 13.7. The van der Waals surface area contributed by atoms with Gasteiger partial charge in [0.2, 0.25) is 0 Å². The first-order valence-corrected chi connectivity index (χ1v) is 10.6. The summed E-state index contributed by atoms with van der Waals surface area (Å²) in [5, 5.41) is 7.83. The van der Waals surface area contributed by atoms with Gasteiger partial charge >= 0.3 is 6.18 Å². The van der Waals surface area contributed by atoms with Gasteiger partial charge in [0.15, 0.2) is 11.7 Å². The molecule has 0 aliphatic carbocycles. The lowest BCUT2D eigenvalue weighted by atomic mass is 10.2. The van der Waals surface area contributed by atoms with Gasteiger partial charge in [0.05, 0.1) is 5.01 Å². The molecule has 2 rings (SSSR count). The van der Waals surface area contributed by atoms with Gasteiger partial charge in [0, 0.05) is 50.7 Å². The third-order valence-electron chi connectivity index (χ3n) is 4.19. The summed E-state index contributed by atoms with van der Waals surface area (Å²) in [7, 11) is 2.08. The van der Waals surface area contributed by atoms with Gasteiger partial charge < -0.3 is 15.5 Å². The number of aromatic nitrogens is 1. The minimum absolute atomic E-state index is 0. The zero-order valence-corrected chi connectivity index (χ0v) is 20.4. The van der Waals surface area contributed by atoms with Crippen LogP contribution in [0, 0.1) is 0 Å². The first-order chi connectivity index (χ1) is 13.9. The number of guanidine groups is 1. The average molecular weight is 555 g/mol. The summed E-state index contributed by atoms with van der Waals surface area (Å²) in [5.41, 5.74) is 0.375. The molecular weight excluding hydrogens is 526 g/mol. The van der Waals surface area contributed by atoms with Crippen LogP contribution in [-0.4, -0.2) is 44.2 Å². The lowest BCUT2D eigenvalue weighted by Crippen LogP contribution is -2.38. The smallest absolute Gasteiger partial charge is 0.375 e. The van der Waals surface area contributed by atoms with Crippen LogP contribution in [0.25, 0.3) is 0 Å². The maximum absolute atomic E-state index is 12.6. The Labute approximate surface area is 197 Å². The Bertz CT molecular complexity index is 752. The van der Waals surface area contributed by atoms with E-state index in [0.29, 0.717) is 30.5 Å². The Morgan fingerprint density at radius 1 is 1.17 bits per heavy atom. The Balaban J connectivity index is 0.00000450. The molecule has 0 radical (unpaired) electrons. The van der Waals surface area contributed by atoms with E-state index in [1.165, 1.54) is 5.69 Å². The highest BCUT2D eigenvalue weighted by Crippen LogP contribution is 2.29. The zero-order chi connectivity index (χ0) is 21.1. The molecule has 0 unspecified atom stereocenters. The number of benzene rings is 1. The molecule has 168 valence electrons. The number of para-hydroxylation sites is 1. The van der Waals surface area contributed by atoms with Gasteiger partial charge in [0.1, 0.15) is 0 Å². The Hall–Kier alpha value is -1.56. The summed E-state index contributed by atoms with van der Waals surface area (Å²) in [6.07, 6.45) is -1.98. The number of alkyl halides is 3. The monoisotopic (exact) mass is 555 g/mol. The molecule has 2 N–H and O–H groups in total. The molecule has 0 atom stereocenters. The molecule has 5 nitrogen and oxygen atoms in total. The van der Waals surface area contributed by atoms with Gasteiger partial charge in [-0.3, -0.25) is 4.99 Å². The number of halogens is 4. The van der Waals surface area contributed by atoms with E-state index in [4.69, 9.17) is 0 Å². The Morgan fingerprint density at radius 2 is 1.90 bits per heavy atom.